The second-order valence-corrected chi connectivity index (χ2v) is 7.11. The Morgan fingerprint density at radius 1 is 1.21 bits per heavy atom. The van der Waals surface area contributed by atoms with Crippen LogP contribution in [0.25, 0.3) is 11.3 Å². The van der Waals surface area contributed by atoms with Gasteiger partial charge in [-0.05, 0) is 55.3 Å². The van der Waals surface area contributed by atoms with Crippen molar-refractivity contribution in [3.8, 4) is 11.3 Å². The number of nitrogens with one attached hydrogen (secondary N) is 2. The summed E-state index contributed by atoms with van der Waals surface area (Å²) in [6.07, 6.45) is 3.79. The number of likely N-dealkylation sites (tertiary alicyclic amines) is 1. The van der Waals surface area contributed by atoms with Crippen LogP contribution in [-0.4, -0.2) is 45.0 Å². The fourth-order valence-corrected chi connectivity index (χ4v) is 3.43. The first-order chi connectivity index (χ1) is 14.0. The Morgan fingerprint density at radius 2 is 2.07 bits per heavy atom. The van der Waals surface area contributed by atoms with E-state index in [2.05, 4.69) is 20.5 Å². The van der Waals surface area contributed by atoms with Gasteiger partial charge in [0.15, 0.2) is 0 Å². The maximum atomic E-state index is 13.4. The Morgan fingerprint density at radius 3 is 2.83 bits per heavy atom. The van der Waals surface area contributed by atoms with E-state index in [1.807, 2.05) is 6.07 Å². The van der Waals surface area contributed by atoms with Gasteiger partial charge in [0.1, 0.15) is 11.5 Å². The smallest absolute Gasteiger partial charge is 0.270 e. The van der Waals surface area contributed by atoms with Gasteiger partial charge in [-0.15, -0.1) is 0 Å². The molecule has 0 saturated carbocycles. The highest BCUT2D eigenvalue weighted by Gasteiger charge is 2.32. The van der Waals surface area contributed by atoms with E-state index < -0.39 is 0 Å². The second kappa shape index (κ2) is 7.83. The third-order valence-electron chi connectivity index (χ3n) is 5.08. The summed E-state index contributed by atoms with van der Waals surface area (Å²) < 4.78 is 13.4. The van der Waals surface area contributed by atoms with E-state index in [9.17, 15) is 14.0 Å². The molecule has 3 aromatic rings. The number of nitrogens with zero attached hydrogens (tertiary/aromatic N) is 3. The van der Waals surface area contributed by atoms with Crippen LogP contribution in [0.4, 0.5) is 10.1 Å². The van der Waals surface area contributed by atoms with E-state index in [-0.39, 0.29) is 23.5 Å². The molecule has 4 rings (SSSR count). The van der Waals surface area contributed by atoms with Crippen molar-refractivity contribution in [1.82, 2.24) is 20.1 Å². The highest BCUT2D eigenvalue weighted by molar-refractivity contribution is 5.96. The van der Waals surface area contributed by atoms with Crippen LogP contribution >= 0.6 is 0 Å². The summed E-state index contributed by atoms with van der Waals surface area (Å²) >= 11 is 0. The summed E-state index contributed by atoms with van der Waals surface area (Å²) in [5, 5.41) is 10.4. The highest BCUT2D eigenvalue weighted by atomic mass is 19.1. The van der Waals surface area contributed by atoms with Gasteiger partial charge >= 0.3 is 0 Å². The minimum Gasteiger partial charge on any atom is -0.350 e. The van der Waals surface area contributed by atoms with Crippen LogP contribution in [0.2, 0.25) is 0 Å². The summed E-state index contributed by atoms with van der Waals surface area (Å²) in [5.74, 6) is -0.927. The van der Waals surface area contributed by atoms with Gasteiger partial charge in [0.2, 0.25) is 5.91 Å². The summed E-state index contributed by atoms with van der Waals surface area (Å²) in [7, 11) is 0. The molecule has 0 aliphatic carbocycles. The number of carbonyl (C=O) groups is 2. The number of anilines is 1. The summed E-state index contributed by atoms with van der Waals surface area (Å²) in [5.41, 5.74) is 3.11. The molecule has 2 N–H and O–H groups in total. The van der Waals surface area contributed by atoms with Gasteiger partial charge in [-0.1, -0.05) is 0 Å². The Bertz CT molecular complexity index is 1050. The molecule has 0 unspecified atom stereocenters. The fraction of sp³-hybridized carbons (Fsp3) is 0.238. The number of rotatable bonds is 4. The zero-order valence-electron chi connectivity index (χ0n) is 15.9. The molecule has 148 valence electrons. The number of amides is 2. The van der Waals surface area contributed by atoms with Crippen molar-refractivity contribution in [2.24, 2.45) is 5.92 Å². The van der Waals surface area contributed by atoms with Crippen LogP contribution < -0.4 is 5.32 Å². The minimum atomic E-state index is -0.312. The lowest BCUT2D eigenvalue weighted by Gasteiger charge is -2.16. The number of aromatic nitrogens is 3. The number of halogens is 1. The molecule has 0 spiro atoms. The molecule has 1 aliphatic rings. The lowest BCUT2D eigenvalue weighted by atomic mass is 10.1. The molecule has 7 nitrogen and oxygen atoms in total. The number of H-pyrrole nitrogens is 1. The number of hydrogen-bond donors (Lipinski definition) is 2. The first-order valence-corrected chi connectivity index (χ1v) is 9.33. The molecule has 2 aromatic heterocycles. The normalized spacial score (nSPS) is 16.1. The Kier molecular flexibility index (Phi) is 5.07. The Labute approximate surface area is 167 Å². The molecule has 1 fully saturated rings. The second-order valence-electron chi connectivity index (χ2n) is 7.11. The molecule has 29 heavy (non-hydrogen) atoms. The zero-order chi connectivity index (χ0) is 20.4. The minimum absolute atomic E-state index is 0.147. The number of aromatic amines is 1. The highest BCUT2D eigenvalue weighted by Crippen LogP contribution is 2.23. The third kappa shape index (κ3) is 4.01. The average molecular weight is 393 g/mol. The van der Waals surface area contributed by atoms with Gasteiger partial charge in [0.25, 0.3) is 5.91 Å². The topological polar surface area (TPSA) is 91.0 Å². The molecule has 1 aromatic carbocycles. The largest absolute Gasteiger partial charge is 0.350 e. The summed E-state index contributed by atoms with van der Waals surface area (Å²) in [6, 6.07) is 9.82. The Balaban J connectivity index is 1.39. The number of aryl methyl sites for hydroxylation is 1. The van der Waals surface area contributed by atoms with Crippen molar-refractivity contribution >= 4 is 17.5 Å². The summed E-state index contributed by atoms with van der Waals surface area (Å²) in [4.78, 5) is 30.1. The van der Waals surface area contributed by atoms with E-state index in [1.54, 1.807) is 42.4 Å². The van der Waals surface area contributed by atoms with Crippen molar-refractivity contribution in [3.63, 3.8) is 0 Å². The van der Waals surface area contributed by atoms with Gasteiger partial charge < -0.3 is 15.2 Å². The Hall–Kier alpha value is -3.55. The lowest BCUT2D eigenvalue weighted by molar-refractivity contribution is -0.119. The molecule has 1 aliphatic heterocycles. The van der Waals surface area contributed by atoms with Crippen molar-refractivity contribution in [1.29, 1.82) is 0 Å². The van der Waals surface area contributed by atoms with Crippen molar-refractivity contribution in [2.75, 3.05) is 18.4 Å². The van der Waals surface area contributed by atoms with Crippen molar-refractivity contribution in [3.05, 3.63) is 65.9 Å². The molecule has 8 heteroatoms. The predicted octanol–water partition coefficient (Wildman–Crippen LogP) is 3.02. The molecular weight excluding hydrogens is 373 g/mol. The molecule has 2 amide bonds. The van der Waals surface area contributed by atoms with Gasteiger partial charge in [0.05, 0.1) is 18.3 Å². The number of carbonyl (C=O) groups excluding carboxylic acids is 2. The number of hydrogen-bond acceptors (Lipinski definition) is 4. The van der Waals surface area contributed by atoms with Crippen LogP contribution in [0, 0.1) is 18.7 Å². The molecular formula is C21H20FN5O2. The first kappa shape index (κ1) is 18.8. The van der Waals surface area contributed by atoms with Crippen LogP contribution in [0.3, 0.4) is 0 Å². The maximum Gasteiger partial charge on any atom is 0.270 e. The molecule has 1 saturated heterocycles. The summed E-state index contributed by atoms with van der Waals surface area (Å²) in [6.45, 7) is 2.49. The van der Waals surface area contributed by atoms with Gasteiger partial charge in [0, 0.05) is 30.0 Å². The maximum absolute atomic E-state index is 13.4. The standard InChI is InChI=1S/C21H20FN5O2/c1-13-10-16(2-3-17(13)22)25-20(28)15-7-9-27(12-15)21(29)19-5-4-18(26-19)14-6-8-23-24-11-14/h2-6,8,10-11,15,26H,7,9,12H2,1H3,(H,25,28)/t15-/m0/s1. The monoisotopic (exact) mass is 393 g/mol. The van der Waals surface area contributed by atoms with E-state index >= 15 is 0 Å². The average Bonchev–Trinajstić information content (AvgIpc) is 3.41. The van der Waals surface area contributed by atoms with Crippen LogP contribution in [0.1, 0.15) is 22.5 Å². The van der Waals surface area contributed by atoms with Crippen LogP contribution in [0.5, 0.6) is 0 Å². The quantitative estimate of drug-likeness (QED) is 0.713. The van der Waals surface area contributed by atoms with Gasteiger partial charge in [-0.2, -0.15) is 10.2 Å². The molecule has 3 heterocycles. The zero-order valence-corrected chi connectivity index (χ0v) is 15.9. The van der Waals surface area contributed by atoms with Crippen LogP contribution in [-0.2, 0) is 4.79 Å². The number of benzene rings is 1. The molecule has 0 radical (unpaired) electrons. The van der Waals surface area contributed by atoms with E-state index in [0.717, 1.165) is 11.3 Å². The van der Waals surface area contributed by atoms with Crippen LogP contribution in [0.15, 0.2) is 48.8 Å². The fourth-order valence-electron chi connectivity index (χ4n) is 3.43. The first-order valence-electron chi connectivity index (χ1n) is 9.33. The van der Waals surface area contributed by atoms with E-state index in [1.165, 1.54) is 12.1 Å². The van der Waals surface area contributed by atoms with E-state index in [4.69, 9.17) is 0 Å². The van der Waals surface area contributed by atoms with Gasteiger partial charge in [-0.3, -0.25) is 9.59 Å². The van der Waals surface area contributed by atoms with Gasteiger partial charge in [-0.25, -0.2) is 4.39 Å². The predicted molar refractivity (Wildman–Crippen MR) is 106 cm³/mol. The third-order valence-corrected chi connectivity index (χ3v) is 5.08. The van der Waals surface area contributed by atoms with Crippen molar-refractivity contribution < 1.29 is 14.0 Å². The SMILES string of the molecule is Cc1cc(NC(=O)[C@H]2CCN(C(=O)c3ccc(-c4ccnnc4)[nH]3)C2)ccc1F. The molecule has 0 bridgehead atoms. The van der Waals surface area contributed by atoms with E-state index in [0.29, 0.717) is 36.5 Å². The lowest BCUT2D eigenvalue weighted by Crippen LogP contribution is -2.31. The molecule has 1 atom stereocenters. The van der Waals surface area contributed by atoms with Crippen molar-refractivity contribution in [2.45, 2.75) is 13.3 Å².